The average molecular weight is 383 g/mol. The van der Waals surface area contributed by atoms with Gasteiger partial charge >= 0.3 is 0 Å². The first-order chi connectivity index (χ1) is 13.4. The number of anilines is 1. The molecule has 2 aromatic rings. The number of rotatable bonds is 5. The minimum Gasteiger partial charge on any atom is -0.377 e. The maximum Gasteiger partial charge on any atom is 0.110 e. The Balaban J connectivity index is 0.00000136. The van der Waals surface area contributed by atoms with E-state index in [0.717, 1.165) is 48.7 Å². The van der Waals surface area contributed by atoms with E-state index in [0.29, 0.717) is 0 Å². The average Bonchev–Trinajstić information content (AvgIpc) is 3.07. The molecule has 28 heavy (non-hydrogen) atoms. The molecule has 0 spiro atoms. The third kappa shape index (κ3) is 4.84. The van der Waals surface area contributed by atoms with Crippen molar-refractivity contribution in [1.82, 2.24) is 10.2 Å². The summed E-state index contributed by atoms with van der Waals surface area (Å²) in [5.74, 6) is 0.725. The SMILES string of the molecule is CC.CCCC(=Nc1cc(N(C)C)c(C)cc1C)c1n[nH]c2c1CC(C)CC2. The Morgan fingerprint density at radius 1 is 1.21 bits per heavy atom. The molecule has 3 rings (SSSR count). The molecular formula is C24H38N4. The number of H-pyrrole nitrogens is 1. The summed E-state index contributed by atoms with van der Waals surface area (Å²) in [6.07, 6.45) is 5.49. The summed E-state index contributed by atoms with van der Waals surface area (Å²) in [7, 11) is 4.17. The molecule has 0 saturated carbocycles. The number of aromatic nitrogens is 2. The summed E-state index contributed by atoms with van der Waals surface area (Å²) in [5, 5.41) is 7.97. The summed E-state index contributed by atoms with van der Waals surface area (Å²) >= 11 is 0. The van der Waals surface area contributed by atoms with Crippen LogP contribution in [0.4, 0.5) is 11.4 Å². The zero-order valence-electron chi connectivity index (χ0n) is 19.1. The van der Waals surface area contributed by atoms with Crippen LogP contribution < -0.4 is 4.90 Å². The molecule has 0 fully saturated rings. The molecule has 1 aromatic carbocycles. The van der Waals surface area contributed by atoms with Crippen LogP contribution in [0.2, 0.25) is 0 Å². The molecule has 0 radical (unpaired) electrons. The predicted molar refractivity (Wildman–Crippen MR) is 122 cm³/mol. The number of nitrogens with one attached hydrogen (secondary N) is 1. The van der Waals surface area contributed by atoms with Crippen LogP contribution >= 0.6 is 0 Å². The topological polar surface area (TPSA) is 44.3 Å². The third-order valence-corrected chi connectivity index (χ3v) is 5.40. The molecule has 0 amide bonds. The normalized spacial score (nSPS) is 16.3. The van der Waals surface area contributed by atoms with Crippen molar-refractivity contribution in [2.75, 3.05) is 19.0 Å². The number of nitrogens with zero attached hydrogens (tertiary/aromatic N) is 3. The summed E-state index contributed by atoms with van der Waals surface area (Å²) in [6, 6.07) is 4.45. The van der Waals surface area contributed by atoms with Gasteiger partial charge in [-0.1, -0.05) is 40.2 Å². The van der Waals surface area contributed by atoms with Crippen molar-refractivity contribution in [2.45, 2.75) is 73.6 Å². The van der Waals surface area contributed by atoms with Crippen LogP contribution in [-0.2, 0) is 12.8 Å². The van der Waals surface area contributed by atoms with Crippen LogP contribution in [-0.4, -0.2) is 30.0 Å². The van der Waals surface area contributed by atoms with E-state index in [2.05, 4.69) is 69.0 Å². The lowest BCUT2D eigenvalue weighted by Gasteiger charge is -2.19. The van der Waals surface area contributed by atoms with E-state index in [4.69, 9.17) is 4.99 Å². The monoisotopic (exact) mass is 382 g/mol. The zero-order chi connectivity index (χ0) is 20.8. The van der Waals surface area contributed by atoms with Crippen LogP contribution in [0.3, 0.4) is 0 Å². The van der Waals surface area contributed by atoms with Crippen LogP contribution in [0, 0.1) is 19.8 Å². The van der Waals surface area contributed by atoms with E-state index in [1.54, 1.807) is 0 Å². The molecule has 0 aliphatic heterocycles. The van der Waals surface area contributed by atoms with Crippen molar-refractivity contribution in [2.24, 2.45) is 10.9 Å². The lowest BCUT2D eigenvalue weighted by atomic mass is 9.86. The van der Waals surface area contributed by atoms with E-state index < -0.39 is 0 Å². The lowest BCUT2D eigenvalue weighted by Crippen LogP contribution is -2.14. The molecule has 154 valence electrons. The molecule has 0 saturated heterocycles. The maximum absolute atomic E-state index is 5.12. The summed E-state index contributed by atoms with van der Waals surface area (Å²) < 4.78 is 0. The second-order valence-corrected chi connectivity index (χ2v) is 8.01. The van der Waals surface area contributed by atoms with Gasteiger partial charge in [-0.2, -0.15) is 5.10 Å². The predicted octanol–water partition coefficient (Wildman–Crippen LogP) is 6.16. The molecule has 1 unspecified atom stereocenters. The van der Waals surface area contributed by atoms with Gasteiger partial charge in [-0.3, -0.25) is 10.1 Å². The van der Waals surface area contributed by atoms with Crippen molar-refractivity contribution >= 4 is 17.1 Å². The Labute approximate surface area is 171 Å². The Hall–Kier alpha value is -2.10. The summed E-state index contributed by atoms with van der Waals surface area (Å²) in [6.45, 7) is 12.9. The van der Waals surface area contributed by atoms with Crippen molar-refractivity contribution < 1.29 is 0 Å². The van der Waals surface area contributed by atoms with E-state index in [1.165, 1.54) is 34.5 Å². The summed E-state index contributed by atoms with van der Waals surface area (Å²) in [4.78, 5) is 7.27. The fourth-order valence-electron chi connectivity index (χ4n) is 3.95. The molecule has 1 aliphatic rings. The highest BCUT2D eigenvalue weighted by Crippen LogP contribution is 2.31. The minimum absolute atomic E-state index is 0.725. The molecular weight excluding hydrogens is 344 g/mol. The molecule has 4 nitrogen and oxygen atoms in total. The summed E-state index contributed by atoms with van der Waals surface area (Å²) in [5.41, 5.74) is 9.72. The van der Waals surface area contributed by atoms with Crippen LogP contribution in [0.1, 0.15) is 75.0 Å². The van der Waals surface area contributed by atoms with Gasteiger partial charge in [-0.15, -0.1) is 0 Å². The van der Waals surface area contributed by atoms with Gasteiger partial charge in [0.1, 0.15) is 5.69 Å². The smallest absolute Gasteiger partial charge is 0.110 e. The van der Waals surface area contributed by atoms with Crippen molar-refractivity contribution in [3.8, 4) is 0 Å². The number of hydrogen-bond donors (Lipinski definition) is 1. The van der Waals surface area contributed by atoms with Gasteiger partial charge in [-0.05, 0) is 62.6 Å². The van der Waals surface area contributed by atoms with Gasteiger partial charge < -0.3 is 4.90 Å². The molecule has 1 aromatic heterocycles. The highest BCUT2D eigenvalue weighted by Gasteiger charge is 2.23. The molecule has 0 bridgehead atoms. The Bertz CT molecular complexity index is 814. The highest BCUT2D eigenvalue weighted by atomic mass is 15.1. The largest absolute Gasteiger partial charge is 0.377 e. The van der Waals surface area contributed by atoms with Gasteiger partial charge in [0, 0.05) is 31.0 Å². The quantitative estimate of drug-likeness (QED) is 0.629. The van der Waals surface area contributed by atoms with Crippen molar-refractivity contribution in [1.29, 1.82) is 0 Å². The van der Waals surface area contributed by atoms with Crippen LogP contribution in [0.5, 0.6) is 0 Å². The zero-order valence-corrected chi connectivity index (χ0v) is 19.1. The van der Waals surface area contributed by atoms with Gasteiger partial charge in [-0.25, -0.2) is 0 Å². The third-order valence-electron chi connectivity index (χ3n) is 5.40. The fraction of sp³-hybridized carbons (Fsp3) is 0.583. The number of fused-ring (bicyclic) bond motifs is 1. The number of benzene rings is 1. The van der Waals surface area contributed by atoms with E-state index in [1.807, 2.05) is 13.8 Å². The second-order valence-electron chi connectivity index (χ2n) is 8.01. The first kappa shape index (κ1) is 22.2. The number of aliphatic imine (C=N–C) groups is 1. The highest BCUT2D eigenvalue weighted by molar-refractivity contribution is 6.02. The first-order valence-corrected chi connectivity index (χ1v) is 10.8. The molecule has 1 atom stereocenters. The Morgan fingerprint density at radius 2 is 1.93 bits per heavy atom. The van der Waals surface area contributed by atoms with E-state index >= 15 is 0 Å². The molecule has 4 heteroatoms. The van der Waals surface area contributed by atoms with Crippen molar-refractivity contribution in [3.05, 3.63) is 40.2 Å². The van der Waals surface area contributed by atoms with Gasteiger partial charge in [0.2, 0.25) is 0 Å². The molecule has 1 aliphatic carbocycles. The second kappa shape index (κ2) is 9.90. The fourth-order valence-corrected chi connectivity index (χ4v) is 3.95. The van der Waals surface area contributed by atoms with E-state index in [-0.39, 0.29) is 0 Å². The van der Waals surface area contributed by atoms with Gasteiger partial charge in [0.25, 0.3) is 0 Å². The number of hydrogen-bond acceptors (Lipinski definition) is 3. The Kier molecular flexibility index (Phi) is 7.85. The maximum atomic E-state index is 5.12. The van der Waals surface area contributed by atoms with E-state index in [9.17, 15) is 0 Å². The van der Waals surface area contributed by atoms with Crippen LogP contribution in [0.15, 0.2) is 17.1 Å². The lowest BCUT2D eigenvalue weighted by molar-refractivity contribution is 0.497. The standard InChI is InChI=1S/C22H32N4.C2H6/c1-7-8-19(22-17-11-14(2)9-10-18(17)24-25-22)23-20-13-21(26(5)6)16(4)12-15(20)3;1-2/h12-14H,7-11H2,1-6H3,(H,24,25);1-2H3. The van der Waals surface area contributed by atoms with Gasteiger partial charge in [0.05, 0.1) is 11.4 Å². The minimum atomic E-state index is 0.725. The van der Waals surface area contributed by atoms with Crippen molar-refractivity contribution in [3.63, 3.8) is 0 Å². The molecule has 1 N–H and O–H groups in total. The van der Waals surface area contributed by atoms with Crippen LogP contribution in [0.25, 0.3) is 0 Å². The number of aromatic amines is 1. The Morgan fingerprint density at radius 3 is 2.57 bits per heavy atom. The number of aryl methyl sites for hydroxylation is 3. The first-order valence-electron chi connectivity index (χ1n) is 10.8. The molecule has 1 heterocycles. The van der Waals surface area contributed by atoms with Gasteiger partial charge in [0.15, 0.2) is 0 Å².